The first-order chi connectivity index (χ1) is 6.24. The molecule has 3 nitrogen and oxygen atoms in total. The van der Waals surface area contributed by atoms with Gasteiger partial charge in [0.25, 0.3) is 0 Å². The molecule has 13 heavy (non-hydrogen) atoms. The number of methoxy groups -OCH3 is 1. The number of nitrogens with zero attached hydrogens (tertiary/aromatic N) is 1. The van der Waals surface area contributed by atoms with Crippen molar-refractivity contribution in [2.45, 2.75) is 18.9 Å². The highest BCUT2D eigenvalue weighted by Gasteiger charge is 2.07. The second-order valence-corrected chi connectivity index (χ2v) is 3.29. The lowest BCUT2D eigenvalue weighted by molar-refractivity contribution is 0.0779. The average Bonchev–Trinajstić information content (AvgIpc) is 2.14. The van der Waals surface area contributed by atoms with E-state index in [9.17, 15) is 0 Å². The number of allylic oxidation sites excluding steroid dienone is 1. The highest BCUT2D eigenvalue weighted by molar-refractivity contribution is 4.68. The maximum atomic E-state index is 5.52. The Morgan fingerprint density at radius 3 is 2.77 bits per heavy atom. The molecule has 1 atom stereocenters. The monoisotopic (exact) mass is 186 g/mol. The molecule has 0 bridgehead atoms. The maximum Gasteiger partial charge on any atom is 0.0820 e. The molecule has 0 spiro atoms. The zero-order chi connectivity index (χ0) is 10.1. The van der Waals surface area contributed by atoms with Crippen molar-refractivity contribution in [2.24, 2.45) is 5.73 Å². The second-order valence-electron chi connectivity index (χ2n) is 3.29. The standard InChI is InChI=1S/C10H22N2O/c1-4-5-6-7-12(2)9-10(8-11)13-3/h4,10H,1,5-9,11H2,2-3H3. The Labute approximate surface area is 81.5 Å². The van der Waals surface area contributed by atoms with Crippen LogP contribution in [0.5, 0.6) is 0 Å². The van der Waals surface area contributed by atoms with Crippen LogP contribution in [-0.2, 0) is 4.74 Å². The first kappa shape index (κ1) is 12.6. The van der Waals surface area contributed by atoms with Crippen LogP contribution in [0, 0.1) is 0 Å². The smallest absolute Gasteiger partial charge is 0.0820 e. The third-order valence-corrected chi connectivity index (χ3v) is 2.06. The SMILES string of the molecule is C=CCCCN(C)CC(CN)OC. The molecule has 0 radical (unpaired) electrons. The first-order valence-corrected chi connectivity index (χ1v) is 4.76. The Kier molecular flexibility index (Phi) is 7.99. The lowest BCUT2D eigenvalue weighted by atomic mass is 10.2. The lowest BCUT2D eigenvalue weighted by Gasteiger charge is -2.21. The van der Waals surface area contributed by atoms with Crippen LogP contribution >= 0.6 is 0 Å². The van der Waals surface area contributed by atoms with Crippen LogP contribution in [0.15, 0.2) is 12.7 Å². The first-order valence-electron chi connectivity index (χ1n) is 4.76. The molecule has 0 aliphatic carbocycles. The number of hydrogen-bond acceptors (Lipinski definition) is 3. The van der Waals surface area contributed by atoms with Gasteiger partial charge < -0.3 is 15.4 Å². The van der Waals surface area contributed by atoms with E-state index in [1.807, 2.05) is 6.08 Å². The van der Waals surface area contributed by atoms with Gasteiger partial charge in [-0.15, -0.1) is 6.58 Å². The van der Waals surface area contributed by atoms with Gasteiger partial charge in [-0.2, -0.15) is 0 Å². The van der Waals surface area contributed by atoms with Gasteiger partial charge >= 0.3 is 0 Å². The Morgan fingerprint density at radius 2 is 2.31 bits per heavy atom. The van der Waals surface area contributed by atoms with Gasteiger partial charge in [-0.1, -0.05) is 6.08 Å². The minimum atomic E-state index is 0.161. The third kappa shape index (κ3) is 6.75. The molecule has 0 aliphatic heterocycles. The molecule has 0 aliphatic rings. The molecule has 1 unspecified atom stereocenters. The van der Waals surface area contributed by atoms with Gasteiger partial charge in [-0.05, 0) is 26.4 Å². The molecule has 0 saturated heterocycles. The summed E-state index contributed by atoms with van der Waals surface area (Å²) in [6.07, 6.45) is 4.34. The summed E-state index contributed by atoms with van der Waals surface area (Å²) in [4.78, 5) is 2.24. The minimum absolute atomic E-state index is 0.161. The number of unbranched alkanes of at least 4 members (excludes halogenated alkanes) is 1. The average molecular weight is 186 g/mol. The van der Waals surface area contributed by atoms with Crippen LogP contribution < -0.4 is 5.73 Å². The fraction of sp³-hybridized carbons (Fsp3) is 0.800. The van der Waals surface area contributed by atoms with Crippen molar-refractivity contribution in [3.05, 3.63) is 12.7 Å². The molecule has 78 valence electrons. The van der Waals surface area contributed by atoms with Gasteiger partial charge in [0.15, 0.2) is 0 Å². The van der Waals surface area contributed by atoms with Gasteiger partial charge in [0.1, 0.15) is 0 Å². The van der Waals surface area contributed by atoms with E-state index in [1.165, 1.54) is 0 Å². The number of ether oxygens (including phenoxy) is 1. The van der Waals surface area contributed by atoms with Crippen molar-refractivity contribution in [2.75, 3.05) is 33.8 Å². The van der Waals surface area contributed by atoms with E-state index in [0.717, 1.165) is 25.9 Å². The number of nitrogens with two attached hydrogens (primary N) is 1. The molecule has 0 aromatic carbocycles. The van der Waals surface area contributed by atoms with Gasteiger partial charge in [0, 0.05) is 20.2 Å². The normalized spacial score (nSPS) is 13.2. The van der Waals surface area contributed by atoms with E-state index in [1.54, 1.807) is 7.11 Å². The predicted octanol–water partition coefficient (Wildman–Crippen LogP) is 0.858. The topological polar surface area (TPSA) is 38.5 Å². The highest BCUT2D eigenvalue weighted by atomic mass is 16.5. The molecule has 0 aromatic heterocycles. The number of likely N-dealkylation sites (N-methyl/N-ethyl adjacent to an activating group) is 1. The van der Waals surface area contributed by atoms with Crippen molar-refractivity contribution in [3.8, 4) is 0 Å². The predicted molar refractivity (Wildman–Crippen MR) is 56.8 cm³/mol. The zero-order valence-electron chi connectivity index (χ0n) is 8.83. The van der Waals surface area contributed by atoms with Crippen LogP contribution in [-0.4, -0.2) is 44.8 Å². The highest BCUT2D eigenvalue weighted by Crippen LogP contribution is 1.96. The quantitative estimate of drug-likeness (QED) is 0.451. The Hall–Kier alpha value is -0.380. The van der Waals surface area contributed by atoms with Crippen molar-refractivity contribution in [1.82, 2.24) is 4.90 Å². The van der Waals surface area contributed by atoms with E-state index in [0.29, 0.717) is 6.54 Å². The Bertz CT molecular complexity index is 124. The van der Waals surface area contributed by atoms with Crippen molar-refractivity contribution >= 4 is 0 Å². The lowest BCUT2D eigenvalue weighted by Crippen LogP contribution is -2.36. The fourth-order valence-electron chi connectivity index (χ4n) is 1.19. The van der Waals surface area contributed by atoms with Crippen LogP contribution in [0.2, 0.25) is 0 Å². The third-order valence-electron chi connectivity index (χ3n) is 2.06. The Morgan fingerprint density at radius 1 is 1.62 bits per heavy atom. The van der Waals surface area contributed by atoms with Crippen LogP contribution in [0.1, 0.15) is 12.8 Å². The molecule has 0 amide bonds. The molecule has 0 saturated carbocycles. The molecule has 0 fully saturated rings. The minimum Gasteiger partial charge on any atom is -0.379 e. The van der Waals surface area contributed by atoms with Gasteiger partial charge in [0.05, 0.1) is 6.10 Å². The summed E-state index contributed by atoms with van der Waals surface area (Å²) in [6, 6.07) is 0. The molecule has 0 heterocycles. The summed E-state index contributed by atoms with van der Waals surface area (Å²) in [6.45, 7) is 6.26. The zero-order valence-corrected chi connectivity index (χ0v) is 8.83. The summed E-state index contributed by atoms with van der Waals surface area (Å²) in [5, 5.41) is 0. The van der Waals surface area contributed by atoms with Crippen LogP contribution in [0.4, 0.5) is 0 Å². The molecule has 0 aromatic rings. The van der Waals surface area contributed by atoms with Crippen molar-refractivity contribution in [1.29, 1.82) is 0 Å². The summed E-state index contributed by atoms with van der Waals surface area (Å²) in [5.74, 6) is 0. The van der Waals surface area contributed by atoms with Crippen molar-refractivity contribution < 1.29 is 4.74 Å². The van der Waals surface area contributed by atoms with Gasteiger partial charge in [-0.3, -0.25) is 0 Å². The molecule has 3 heteroatoms. The van der Waals surface area contributed by atoms with E-state index >= 15 is 0 Å². The van der Waals surface area contributed by atoms with Crippen LogP contribution in [0.3, 0.4) is 0 Å². The van der Waals surface area contributed by atoms with Crippen molar-refractivity contribution in [3.63, 3.8) is 0 Å². The Balaban J connectivity index is 3.47. The number of rotatable bonds is 8. The van der Waals surface area contributed by atoms with E-state index < -0.39 is 0 Å². The van der Waals surface area contributed by atoms with Gasteiger partial charge in [-0.25, -0.2) is 0 Å². The number of hydrogen-bond donors (Lipinski definition) is 1. The summed E-state index contributed by atoms with van der Waals surface area (Å²) in [7, 11) is 3.79. The van der Waals surface area contributed by atoms with Gasteiger partial charge in [0.2, 0.25) is 0 Å². The molecular weight excluding hydrogens is 164 g/mol. The molecular formula is C10H22N2O. The van der Waals surface area contributed by atoms with E-state index in [4.69, 9.17) is 10.5 Å². The maximum absolute atomic E-state index is 5.52. The van der Waals surface area contributed by atoms with E-state index in [2.05, 4.69) is 18.5 Å². The largest absolute Gasteiger partial charge is 0.379 e. The second kappa shape index (κ2) is 8.23. The van der Waals surface area contributed by atoms with E-state index in [-0.39, 0.29) is 6.10 Å². The fourth-order valence-corrected chi connectivity index (χ4v) is 1.19. The molecule has 2 N–H and O–H groups in total. The summed E-state index contributed by atoms with van der Waals surface area (Å²) in [5.41, 5.74) is 5.52. The van der Waals surface area contributed by atoms with Crippen LogP contribution in [0.25, 0.3) is 0 Å². The molecule has 0 rings (SSSR count). The summed E-state index contributed by atoms with van der Waals surface area (Å²) >= 11 is 0. The summed E-state index contributed by atoms with van der Waals surface area (Å²) < 4.78 is 5.19.